The first-order chi connectivity index (χ1) is 19.3. The number of benzene rings is 5. The lowest BCUT2D eigenvalue weighted by Gasteiger charge is -2.23. The second kappa shape index (κ2) is 8.43. The zero-order valence-electron chi connectivity index (χ0n) is 21.4. The molecule has 7 aromatic rings. The van der Waals surface area contributed by atoms with Crippen molar-refractivity contribution in [2.24, 2.45) is 0 Å². The molecule has 0 atom stereocenters. The standard InChI is InChI=1S/C34H24N4O/c1-2-31-35-27-21-20-25(33-32(27)38(31)29-14-8-9-15-30(29)39-33)22-16-18-23(19-17-22)34-36-26-12-6-7-13-28(26)37(34)24-10-4-3-5-11-24/h3-21H,2H2,1H3. The molecule has 8 rings (SSSR count). The van der Waals surface area contributed by atoms with E-state index in [9.17, 15) is 0 Å². The summed E-state index contributed by atoms with van der Waals surface area (Å²) >= 11 is 0. The lowest BCUT2D eigenvalue weighted by molar-refractivity contribution is 0.476. The average molecular weight is 505 g/mol. The summed E-state index contributed by atoms with van der Waals surface area (Å²) < 4.78 is 11.0. The van der Waals surface area contributed by atoms with Gasteiger partial charge in [-0.05, 0) is 54.1 Å². The molecule has 1 aliphatic heterocycles. The zero-order valence-corrected chi connectivity index (χ0v) is 21.4. The van der Waals surface area contributed by atoms with Gasteiger partial charge in [0.1, 0.15) is 17.2 Å². The highest BCUT2D eigenvalue weighted by atomic mass is 16.5. The lowest BCUT2D eigenvalue weighted by atomic mass is 10.0. The summed E-state index contributed by atoms with van der Waals surface area (Å²) in [5.74, 6) is 3.65. The minimum absolute atomic E-state index is 0.842. The van der Waals surface area contributed by atoms with Crippen LogP contribution in [0.4, 0.5) is 0 Å². The molecule has 186 valence electrons. The van der Waals surface area contributed by atoms with Gasteiger partial charge in [-0.3, -0.25) is 9.13 Å². The molecule has 5 nitrogen and oxygen atoms in total. The number of hydrogen-bond donors (Lipinski definition) is 0. The van der Waals surface area contributed by atoms with E-state index in [0.29, 0.717) is 0 Å². The Labute approximate surface area is 225 Å². The maximum absolute atomic E-state index is 6.55. The van der Waals surface area contributed by atoms with Crippen LogP contribution in [0.3, 0.4) is 0 Å². The molecule has 0 radical (unpaired) electrons. The van der Waals surface area contributed by atoms with E-state index in [0.717, 1.165) is 79.7 Å². The van der Waals surface area contributed by atoms with Crippen LogP contribution in [0.25, 0.3) is 56.0 Å². The van der Waals surface area contributed by atoms with Gasteiger partial charge in [0.05, 0.1) is 22.2 Å². The summed E-state index contributed by atoms with van der Waals surface area (Å²) in [6, 6.07) is 39.7. The third kappa shape index (κ3) is 3.26. The van der Waals surface area contributed by atoms with E-state index in [1.54, 1.807) is 0 Å². The predicted molar refractivity (Wildman–Crippen MR) is 156 cm³/mol. The van der Waals surface area contributed by atoms with Crippen LogP contribution in [0.2, 0.25) is 0 Å². The predicted octanol–water partition coefficient (Wildman–Crippen LogP) is 8.37. The third-order valence-corrected chi connectivity index (χ3v) is 7.51. The van der Waals surface area contributed by atoms with Crippen LogP contribution in [0.15, 0.2) is 115 Å². The number of imidazole rings is 2. The van der Waals surface area contributed by atoms with Gasteiger partial charge in [-0.2, -0.15) is 0 Å². The highest BCUT2D eigenvalue weighted by Gasteiger charge is 2.26. The quantitative estimate of drug-likeness (QED) is 0.242. The van der Waals surface area contributed by atoms with Crippen molar-refractivity contribution in [2.75, 3.05) is 0 Å². The average Bonchev–Trinajstić information content (AvgIpc) is 3.58. The Balaban J connectivity index is 1.28. The Kier molecular flexibility index (Phi) is 4.73. The molecule has 0 saturated heterocycles. The molecule has 1 aliphatic rings. The molecule has 3 heterocycles. The van der Waals surface area contributed by atoms with Crippen LogP contribution >= 0.6 is 0 Å². The number of hydrogen-bond acceptors (Lipinski definition) is 3. The molecule has 39 heavy (non-hydrogen) atoms. The Hall–Kier alpha value is -5.16. The summed E-state index contributed by atoms with van der Waals surface area (Å²) in [6.45, 7) is 2.14. The van der Waals surface area contributed by atoms with Crippen molar-refractivity contribution in [2.45, 2.75) is 13.3 Å². The molecule has 0 aliphatic carbocycles. The smallest absolute Gasteiger partial charge is 0.161 e. The van der Waals surface area contributed by atoms with Gasteiger partial charge in [-0.15, -0.1) is 0 Å². The van der Waals surface area contributed by atoms with E-state index in [1.807, 2.05) is 30.3 Å². The third-order valence-electron chi connectivity index (χ3n) is 7.51. The second-order valence-electron chi connectivity index (χ2n) is 9.77. The molecule has 5 heteroatoms. The van der Waals surface area contributed by atoms with Gasteiger partial charge in [0.2, 0.25) is 0 Å². The summed E-state index contributed by atoms with van der Waals surface area (Å²) in [4.78, 5) is 9.94. The van der Waals surface area contributed by atoms with Gasteiger partial charge in [-0.1, -0.05) is 73.7 Å². The SMILES string of the molecule is CCc1nc2ccc(-c3ccc(-c4nc5ccccc5n4-c4ccccc4)cc3)c3c2n1-c1ccccc1O3. The maximum Gasteiger partial charge on any atom is 0.161 e. The van der Waals surface area contributed by atoms with Crippen molar-refractivity contribution in [3.05, 3.63) is 121 Å². The first-order valence-corrected chi connectivity index (χ1v) is 13.3. The number of rotatable bonds is 4. The normalized spacial score (nSPS) is 12.0. The van der Waals surface area contributed by atoms with E-state index < -0.39 is 0 Å². The molecule has 5 aromatic carbocycles. The van der Waals surface area contributed by atoms with Crippen LogP contribution in [-0.2, 0) is 6.42 Å². The molecular weight excluding hydrogens is 480 g/mol. The molecule has 0 N–H and O–H groups in total. The van der Waals surface area contributed by atoms with Crippen LogP contribution in [0.5, 0.6) is 11.5 Å². The molecule has 0 fully saturated rings. The van der Waals surface area contributed by atoms with E-state index in [-0.39, 0.29) is 0 Å². The van der Waals surface area contributed by atoms with Gasteiger partial charge in [-0.25, -0.2) is 9.97 Å². The fraction of sp³-hybridized carbons (Fsp3) is 0.0588. The molecular formula is C34H24N4O. The van der Waals surface area contributed by atoms with Crippen molar-refractivity contribution in [1.82, 2.24) is 19.1 Å². The van der Waals surface area contributed by atoms with Crippen molar-refractivity contribution in [3.8, 4) is 45.4 Å². The molecule has 2 aromatic heterocycles. The summed E-state index contributed by atoms with van der Waals surface area (Å²) in [5, 5.41) is 0. The first-order valence-electron chi connectivity index (χ1n) is 13.3. The minimum atomic E-state index is 0.842. The highest BCUT2D eigenvalue weighted by molar-refractivity contribution is 5.95. The highest BCUT2D eigenvalue weighted by Crippen LogP contribution is 2.46. The van der Waals surface area contributed by atoms with E-state index in [2.05, 4.69) is 101 Å². The molecule has 0 bridgehead atoms. The molecule has 0 unspecified atom stereocenters. The van der Waals surface area contributed by atoms with Crippen molar-refractivity contribution in [1.29, 1.82) is 0 Å². The van der Waals surface area contributed by atoms with Crippen LogP contribution < -0.4 is 4.74 Å². The van der Waals surface area contributed by atoms with Gasteiger partial charge in [0.15, 0.2) is 11.5 Å². The van der Waals surface area contributed by atoms with Gasteiger partial charge >= 0.3 is 0 Å². The van der Waals surface area contributed by atoms with Crippen molar-refractivity contribution in [3.63, 3.8) is 0 Å². The van der Waals surface area contributed by atoms with Crippen LogP contribution in [0, 0.1) is 0 Å². The Morgan fingerprint density at radius 2 is 1.38 bits per heavy atom. The van der Waals surface area contributed by atoms with Crippen LogP contribution in [0.1, 0.15) is 12.7 Å². The Morgan fingerprint density at radius 3 is 2.23 bits per heavy atom. The van der Waals surface area contributed by atoms with E-state index >= 15 is 0 Å². The lowest BCUT2D eigenvalue weighted by Crippen LogP contribution is -2.07. The zero-order chi connectivity index (χ0) is 25.9. The molecule has 0 amide bonds. The van der Waals surface area contributed by atoms with Gasteiger partial charge in [0.25, 0.3) is 0 Å². The number of aromatic nitrogens is 4. The molecule has 0 spiro atoms. The van der Waals surface area contributed by atoms with Gasteiger partial charge in [0, 0.05) is 23.2 Å². The number of fused-ring (bicyclic) bond motifs is 3. The maximum atomic E-state index is 6.55. The number of ether oxygens (including phenoxy) is 1. The monoisotopic (exact) mass is 504 g/mol. The van der Waals surface area contributed by atoms with E-state index in [4.69, 9.17) is 14.7 Å². The van der Waals surface area contributed by atoms with Crippen LogP contribution in [-0.4, -0.2) is 19.1 Å². The summed E-state index contributed by atoms with van der Waals surface area (Å²) in [5.41, 5.74) is 9.35. The summed E-state index contributed by atoms with van der Waals surface area (Å²) in [7, 11) is 0. The van der Waals surface area contributed by atoms with E-state index in [1.165, 1.54) is 0 Å². The Morgan fingerprint density at radius 1 is 0.641 bits per heavy atom. The number of aryl methyl sites for hydroxylation is 1. The van der Waals surface area contributed by atoms with Gasteiger partial charge < -0.3 is 4.74 Å². The fourth-order valence-electron chi connectivity index (χ4n) is 5.71. The fourth-order valence-corrected chi connectivity index (χ4v) is 5.71. The number of nitrogens with zero attached hydrogens (tertiary/aromatic N) is 4. The number of para-hydroxylation sites is 5. The first kappa shape index (κ1) is 21.9. The topological polar surface area (TPSA) is 44.9 Å². The minimum Gasteiger partial charge on any atom is -0.452 e. The largest absolute Gasteiger partial charge is 0.452 e. The summed E-state index contributed by atoms with van der Waals surface area (Å²) in [6.07, 6.45) is 0.842. The van der Waals surface area contributed by atoms with Crippen molar-refractivity contribution < 1.29 is 4.74 Å². The second-order valence-corrected chi connectivity index (χ2v) is 9.77. The van der Waals surface area contributed by atoms with Crippen molar-refractivity contribution >= 4 is 22.1 Å². The Bertz CT molecular complexity index is 2020. The molecule has 0 saturated carbocycles.